The van der Waals surface area contributed by atoms with E-state index >= 15 is 0 Å². The first-order valence-corrected chi connectivity index (χ1v) is 30.1. The Bertz CT molecular complexity index is 2440. The number of allylic oxidation sites excluding steroid dienone is 3. The molecule has 18 nitrogen and oxygen atoms in total. The molecule has 1 aromatic rings. The van der Waals surface area contributed by atoms with E-state index in [0.29, 0.717) is 71.0 Å². The molecule has 1 saturated heterocycles. The summed E-state index contributed by atoms with van der Waals surface area (Å²) in [6.45, 7) is 24.7. The molecule has 2 fully saturated rings. The molecule has 1 aromatic carbocycles. The largest absolute Gasteiger partial charge is 0.466 e. The number of Topliss-reactive ketones (excluding diaryl/α,β-unsaturated/α-hetero) is 1. The Labute approximate surface area is 488 Å². The maximum atomic E-state index is 14.5. The molecule has 0 bridgehead atoms. The molecule has 1 aliphatic carbocycles. The van der Waals surface area contributed by atoms with Crippen molar-refractivity contribution in [1.29, 1.82) is 0 Å². The van der Waals surface area contributed by atoms with Crippen LogP contribution in [0.4, 0.5) is 0 Å². The SMILES string of the molecule is CCOC(=O)[C@]1(C/C=C/C(=O)[C@H](C)[C@@H](O)C2(C)CCCN2C(=O)C[C@@H](OC)C(/C(C)=C/C(C)C(=O)[C@@H](NC(=O)[C@H](C(C)C)N(CC)CCCC(=O)NNC(=O)CCCCCN2C(=O)C=CC2=O)C(C)C)[C@@H](C)CC)C[C@@H]1c1ccccc1. The van der Waals surface area contributed by atoms with Crippen molar-refractivity contribution < 1.29 is 57.7 Å². The summed E-state index contributed by atoms with van der Waals surface area (Å²) in [7, 11) is 1.58. The highest BCUT2D eigenvalue weighted by Gasteiger charge is 2.61. The third-order valence-corrected chi connectivity index (χ3v) is 17.4. The normalized spacial score (nSPS) is 22.0. The summed E-state index contributed by atoms with van der Waals surface area (Å²) in [6, 6.07) is 8.40. The van der Waals surface area contributed by atoms with Gasteiger partial charge in [-0.05, 0) is 108 Å². The highest BCUT2D eigenvalue weighted by molar-refractivity contribution is 6.12. The zero-order chi connectivity index (χ0) is 61.1. The van der Waals surface area contributed by atoms with Gasteiger partial charge < -0.3 is 24.8 Å². The van der Waals surface area contributed by atoms with Gasteiger partial charge in [0.25, 0.3) is 11.8 Å². The van der Waals surface area contributed by atoms with Gasteiger partial charge in [0, 0.05) is 68.9 Å². The number of carbonyl (C=O) groups excluding carboxylic acids is 9. The zero-order valence-corrected chi connectivity index (χ0v) is 51.4. The van der Waals surface area contributed by atoms with Gasteiger partial charge in [0.1, 0.15) is 0 Å². The summed E-state index contributed by atoms with van der Waals surface area (Å²) in [4.78, 5) is 124. The predicted octanol–water partition coefficient (Wildman–Crippen LogP) is 7.74. The quantitative estimate of drug-likeness (QED) is 0.0127. The van der Waals surface area contributed by atoms with Crippen molar-refractivity contribution in [1.82, 2.24) is 30.9 Å². The molecule has 0 aromatic heterocycles. The maximum Gasteiger partial charge on any atom is 0.313 e. The second-order valence-electron chi connectivity index (χ2n) is 24.0. The lowest BCUT2D eigenvalue weighted by Gasteiger charge is -2.42. The summed E-state index contributed by atoms with van der Waals surface area (Å²) in [5.74, 6) is -4.70. The number of hydrogen-bond acceptors (Lipinski definition) is 13. The number of likely N-dealkylation sites (tertiary alicyclic amines) is 1. The minimum Gasteiger partial charge on any atom is -0.466 e. The number of aliphatic hydroxyl groups is 1. The summed E-state index contributed by atoms with van der Waals surface area (Å²) >= 11 is 0. The Hall–Kier alpha value is -5.85. The molecule has 4 rings (SSSR count). The molecule has 18 heteroatoms. The van der Waals surface area contributed by atoms with E-state index < -0.39 is 47.1 Å². The van der Waals surface area contributed by atoms with Crippen LogP contribution in [0.25, 0.3) is 0 Å². The summed E-state index contributed by atoms with van der Waals surface area (Å²) in [6.07, 6.45) is 11.1. The minimum absolute atomic E-state index is 0.00854. The number of hydrogen-bond donors (Lipinski definition) is 4. The number of ether oxygens (including phenoxy) is 2. The molecule has 82 heavy (non-hydrogen) atoms. The molecule has 6 amide bonds. The van der Waals surface area contributed by atoms with E-state index in [4.69, 9.17) is 9.47 Å². The van der Waals surface area contributed by atoms with Crippen molar-refractivity contribution in [3.05, 3.63) is 71.8 Å². The number of unbranched alkanes of at least 4 members (excludes halogenated alkanes) is 2. The Kier molecular flexibility index (Phi) is 27.0. The fraction of sp³-hybridized carbons (Fsp3) is 0.672. The molecule has 4 N–H and O–H groups in total. The van der Waals surface area contributed by atoms with Crippen LogP contribution in [-0.4, -0.2) is 143 Å². The average Bonchev–Trinajstić information content (AvgIpc) is 4.11. The first-order chi connectivity index (χ1) is 38.8. The Morgan fingerprint density at radius 2 is 1.50 bits per heavy atom. The van der Waals surface area contributed by atoms with Gasteiger partial charge in [-0.2, -0.15) is 0 Å². The van der Waals surface area contributed by atoms with Crippen molar-refractivity contribution >= 4 is 53.0 Å². The highest BCUT2D eigenvalue weighted by Crippen LogP contribution is 2.62. The van der Waals surface area contributed by atoms with Gasteiger partial charge in [0.05, 0.1) is 48.3 Å². The van der Waals surface area contributed by atoms with Crippen LogP contribution in [0.2, 0.25) is 0 Å². The van der Waals surface area contributed by atoms with Gasteiger partial charge in [-0.3, -0.25) is 63.8 Å². The Morgan fingerprint density at radius 1 is 0.866 bits per heavy atom. The smallest absolute Gasteiger partial charge is 0.313 e. The van der Waals surface area contributed by atoms with Gasteiger partial charge in [-0.15, -0.1) is 0 Å². The maximum absolute atomic E-state index is 14.5. The number of imide groups is 1. The van der Waals surface area contributed by atoms with Crippen molar-refractivity contribution in [2.75, 3.05) is 39.9 Å². The van der Waals surface area contributed by atoms with E-state index in [1.807, 2.05) is 96.7 Å². The summed E-state index contributed by atoms with van der Waals surface area (Å²) in [5.41, 5.74) is 5.05. The van der Waals surface area contributed by atoms with Crippen molar-refractivity contribution in [3.63, 3.8) is 0 Å². The molecule has 2 heterocycles. The van der Waals surface area contributed by atoms with Gasteiger partial charge >= 0.3 is 5.97 Å². The number of carbonyl (C=O) groups is 9. The van der Waals surface area contributed by atoms with Crippen molar-refractivity contribution in [2.24, 2.45) is 40.9 Å². The number of nitrogens with zero attached hydrogens (tertiary/aromatic N) is 3. The molecular weight excluding hydrogens is 1040 g/mol. The second kappa shape index (κ2) is 32.3. The van der Waals surface area contributed by atoms with Crippen LogP contribution < -0.4 is 16.2 Å². The van der Waals surface area contributed by atoms with Crippen LogP contribution in [0.5, 0.6) is 0 Å². The molecule has 0 radical (unpaired) electrons. The van der Waals surface area contributed by atoms with Gasteiger partial charge in [0.2, 0.25) is 23.6 Å². The third kappa shape index (κ3) is 18.1. The van der Waals surface area contributed by atoms with E-state index in [0.717, 1.165) is 22.5 Å². The first kappa shape index (κ1) is 68.6. The first-order valence-electron chi connectivity index (χ1n) is 30.1. The van der Waals surface area contributed by atoms with Crippen molar-refractivity contribution in [2.45, 2.75) is 196 Å². The van der Waals surface area contributed by atoms with Crippen molar-refractivity contribution in [3.8, 4) is 0 Å². The standard InChI is InChI=1S/C64H98N6O12/c1-14-43(8)56(50(81-13)39-55(76)70-37-25-33-63(70,12)60(78)46(11)49(71)28-23-34-64(62(80)82-16-3)40-48(64)47-26-19-17-20-27-47)44(9)38-45(10)59(77)57(41(4)5)65-61(79)58(42(6)7)68(15-2)35-24-30-52(73)67-66-51(72)29-21-18-22-36-69-53(74)31-32-54(69)75/h17,19-20,23,26-28,31-32,38,41-43,45-46,48,50,56-58,60,78H,14-16,18,21-22,24-25,29-30,33-37,39-40H2,1-13H3,(H,65,79)(H,66,72)(H,67,73)/b28-23+,44-38+/t43-,45?,46-,48+,50+,56?,57-,58-,60+,63?,64+/m0/s1. The molecule has 0 spiro atoms. The van der Waals surface area contributed by atoms with E-state index in [9.17, 15) is 48.3 Å². The van der Waals surface area contributed by atoms with Crippen LogP contribution in [0, 0.1) is 40.9 Å². The fourth-order valence-corrected chi connectivity index (χ4v) is 12.3. The number of methoxy groups -OCH3 is 1. The molecule has 11 atom stereocenters. The Balaban J connectivity index is 1.35. The van der Waals surface area contributed by atoms with Crippen LogP contribution in [0.15, 0.2) is 66.3 Å². The monoisotopic (exact) mass is 1140 g/mol. The minimum atomic E-state index is -1.17. The van der Waals surface area contributed by atoms with Gasteiger partial charge in [-0.1, -0.05) is 123 Å². The number of nitrogens with one attached hydrogen (secondary N) is 3. The topological polar surface area (TPSA) is 238 Å². The summed E-state index contributed by atoms with van der Waals surface area (Å²) in [5, 5.41) is 15.1. The Morgan fingerprint density at radius 3 is 2.07 bits per heavy atom. The number of likely N-dealkylation sites (N-methyl/N-ethyl adjacent to an activating group) is 1. The number of hydrazine groups is 1. The molecule has 3 aliphatic rings. The predicted molar refractivity (Wildman–Crippen MR) is 315 cm³/mol. The number of rotatable bonds is 35. The average molecular weight is 1140 g/mol. The van der Waals surface area contributed by atoms with E-state index in [-0.39, 0.29) is 115 Å². The van der Waals surface area contributed by atoms with E-state index in [2.05, 4.69) is 30.0 Å². The second-order valence-corrected chi connectivity index (χ2v) is 24.0. The van der Waals surface area contributed by atoms with Crippen LogP contribution in [-0.2, 0) is 52.6 Å². The van der Waals surface area contributed by atoms with Gasteiger partial charge in [-0.25, -0.2) is 0 Å². The van der Waals surface area contributed by atoms with Crippen LogP contribution in [0.1, 0.15) is 172 Å². The highest BCUT2D eigenvalue weighted by atomic mass is 16.5. The molecular formula is C64H98N6O12. The number of esters is 1. The molecule has 1 saturated carbocycles. The lowest BCUT2D eigenvalue weighted by Crippen LogP contribution is -2.56. The number of aliphatic hydroxyl groups excluding tert-OH is 1. The number of benzene rings is 1. The molecule has 2 aliphatic heterocycles. The van der Waals surface area contributed by atoms with E-state index in [1.54, 1.807) is 31.9 Å². The van der Waals surface area contributed by atoms with Gasteiger partial charge in [0.15, 0.2) is 11.6 Å². The molecule has 456 valence electrons. The summed E-state index contributed by atoms with van der Waals surface area (Å²) < 4.78 is 11.6. The van der Waals surface area contributed by atoms with Crippen LogP contribution in [0.3, 0.4) is 0 Å². The van der Waals surface area contributed by atoms with E-state index in [1.165, 1.54) is 18.2 Å². The fourth-order valence-electron chi connectivity index (χ4n) is 12.3. The number of amides is 6. The molecule has 3 unspecified atom stereocenters. The lowest BCUT2D eigenvalue weighted by molar-refractivity contribution is -0.150. The zero-order valence-electron chi connectivity index (χ0n) is 51.4. The lowest BCUT2D eigenvalue weighted by atomic mass is 9.78. The number of ketones is 2. The van der Waals surface area contributed by atoms with Crippen LogP contribution >= 0.6 is 0 Å². The third-order valence-electron chi connectivity index (χ3n) is 17.4.